The fourth-order valence-corrected chi connectivity index (χ4v) is 3.44. The Kier molecular flexibility index (Phi) is 6.57. The zero-order chi connectivity index (χ0) is 18.4. The first kappa shape index (κ1) is 18.8. The number of carbonyl (C=O) groups excluding carboxylic acids is 2. The van der Waals surface area contributed by atoms with Gasteiger partial charge in [-0.3, -0.25) is 14.6 Å². The molecule has 7 nitrogen and oxygen atoms in total. The number of nitrogens with zero attached hydrogens (tertiary/aromatic N) is 1. The number of ether oxygens (including phenoxy) is 1. The lowest BCUT2D eigenvalue weighted by Crippen LogP contribution is -2.51. The second kappa shape index (κ2) is 9.09. The van der Waals surface area contributed by atoms with Gasteiger partial charge in [0, 0.05) is 30.4 Å². The molecular weight excluding hydrogens is 334 g/mol. The first-order chi connectivity index (χ1) is 12.7. The minimum atomic E-state index is -0.429. The number of aliphatic hydroxyl groups excluding tert-OH is 1. The van der Waals surface area contributed by atoms with Crippen LogP contribution in [-0.2, 0) is 9.53 Å². The fraction of sp³-hybridized carbons (Fsp3) is 0.632. The van der Waals surface area contributed by atoms with Crippen molar-refractivity contribution >= 4 is 11.8 Å². The lowest BCUT2D eigenvalue weighted by molar-refractivity contribution is -0.127. The minimum absolute atomic E-state index is 0.0112. The highest BCUT2D eigenvalue weighted by Gasteiger charge is 2.32. The number of pyridine rings is 1. The number of hydrogen-bond acceptors (Lipinski definition) is 5. The van der Waals surface area contributed by atoms with Crippen LogP contribution >= 0.6 is 0 Å². The molecule has 1 saturated carbocycles. The van der Waals surface area contributed by atoms with Gasteiger partial charge in [0.2, 0.25) is 5.91 Å². The minimum Gasteiger partial charge on any atom is -0.394 e. The molecule has 0 aromatic carbocycles. The number of carbonyl (C=O) groups is 2. The van der Waals surface area contributed by atoms with E-state index < -0.39 is 6.10 Å². The van der Waals surface area contributed by atoms with Gasteiger partial charge in [-0.05, 0) is 44.2 Å². The molecule has 2 heterocycles. The van der Waals surface area contributed by atoms with Crippen molar-refractivity contribution < 1.29 is 19.4 Å². The zero-order valence-electron chi connectivity index (χ0n) is 14.9. The molecule has 2 fully saturated rings. The number of amides is 2. The predicted molar refractivity (Wildman–Crippen MR) is 95.4 cm³/mol. The third-order valence-electron chi connectivity index (χ3n) is 5.30. The molecule has 0 radical (unpaired) electrons. The molecule has 1 aliphatic carbocycles. The van der Waals surface area contributed by atoms with E-state index in [4.69, 9.17) is 4.74 Å². The van der Waals surface area contributed by atoms with Crippen LogP contribution in [0.4, 0.5) is 0 Å². The van der Waals surface area contributed by atoms with Crippen LogP contribution in [0.15, 0.2) is 24.5 Å². The van der Waals surface area contributed by atoms with E-state index in [1.165, 1.54) is 0 Å². The molecule has 2 amide bonds. The second-order valence-electron chi connectivity index (χ2n) is 7.08. The lowest BCUT2D eigenvalue weighted by atomic mass is 9.85. The van der Waals surface area contributed by atoms with Gasteiger partial charge in [-0.25, -0.2) is 0 Å². The molecule has 3 N–H and O–H groups in total. The summed E-state index contributed by atoms with van der Waals surface area (Å²) in [5.41, 5.74) is 0.539. The normalized spacial score (nSPS) is 26.0. The molecule has 142 valence electrons. The Hall–Kier alpha value is -1.99. The highest BCUT2D eigenvalue weighted by molar-refractivity contribution is 5.94. The highest BCUT2D eigenvalue weighted by atomic mass is 16.5. The molecule has 3 rings (SSSR count). The summed E-state index contributed by atoms with van der Waals surface area (Å²) in [6.07, 6.45) is 8.10. The Labute approximate surface area is 153 Å². The summed E-state index contributed by atoms with van der Waals surface area (Å²) in [6.45, 7) is 0.443. The van der Waals surface area contributed by atoms with Gasteiger partial charge in [-0.15, -0.1) is 0 Å². The SMILES string of the molecule is O=C(N[C@@H]1CC[C@H](CCNC(=O)C2CCC2)O[C@@H]1CO)c1ccncc1. The molecule has 1 aromatic heterocycles. The van der Waals surface area contributed by atoms with E-state index in [0.29, 0.717) is 12.1 Å². The Bertz CT molecular complexity index is 606. The van der Waals surface area contributed by atoms with Gasteiger partial charge in [0.25, 0.3) is 5.91 Å². The van der Waals surface area contributed by atoms with Crippen molar-refractivity contribution in [3.8, 4) is 0 Å². The molecule has 1 aromatic rings. The first-order valence-electron chi connectivity index (χ1n) is 9.42. The molecule has 0 spiro atoms. The largest absolute Gasteiger partial charge is 0.394 e. The quantitative estimate of drug-likeness (QED) is 0.673. The van der Waals surface area contributed by atoms with Crippen molar-refractivity contribution in [3.63, 3.8) is 0 Å². The molecule has 26 heavy (non-hydrogen) atoms. The average Bonchev–Trinajstić information content (AvgIpc) is 2.62. The van der Waals surface area contributed by atoms with Gasteiger partial charge >= 0.3 is 0 Å². The summed E-state index contributed by atoms with van der Waals surface area (Å²) in [4.78, 5) is 28.0. The Morgan fingerprint density at radius 2 is 1.96 bits per heavy atom. The van der Waals surface area contributed by atoms with Crippen LogP contribution in [0.3, 0.4) is 0 Å². The Morgan fingerprint density at radius 1 is 1.19 bits per heavy atom. The standard InChI is InChI=1S/C19H27N3O4/c23-12-17-16(22-19(25)14-6-9-20-10-7-14)5-4-15(26-17)8-11-21-18(24)13-2-1-3-13/h6-7,9-10,13,15-17,23H,1-5,8,11-12H2,(H,21,24)(H,22,25)/t15-,16-,17-/m1/s1. The van der Waals surface area contributed by atoms with Gasteiger partial charge in [-0.2, -0.15) is 0 Å². The van der Waals surface area contributed by atoms with Crippen LogP contribution in [0, 0.1) is 5.92 Å². The number of hydrogen-bond donors (Lipinski definition) is 3. The molecule has 1 aliphatic heterocycles. The number of nitrogens with one attached hydrogen (secondary N) is 2. The van der Waals surface area contributed by atoms with E-state index in [-0.39, 0.29) is 36.5 Å². The molecule has 2 aliphatic rings. The van der Waals surface area contributed by atoms with Crippen molar-refractivity contribution in [1.82, 2.24) is 15.6 Å². The van der Waals surface area contributed by atoms with Crippen LogP contribution < -0.4 is 10.6 Å². The molecule has 0 unspecified atom stereocenters. The monoisotopic (exact) mass is 361 g/mol. The summed E-state index contributed by atoms with van der Waals surface area (Å²) in [5.74, 6) is 0.152. The maximum absolute atomic E-state index is 12.3. The van der Waals surface area contributed by atoms with Crippen molar-refractivity contribution in [2.45, 2.75) is 56.8 Å². The first-order valence-corrected chi connectivity index (χ1v) is 9.42. The molecule has 0 bridgehead atoms. The fourth-order valence-electron chi connectivity index (χ4n) is 3.44. The highest BCUT2D eigenvalue weighted by Crippen LogP contribution is 2.26. The number of aromatic nitrogens is 1. The van der Waals surface area contributed by atoms with Gasteiger partial charge in [0.05, 0.1) is 18.8 Å². The van der Waals surface area contributed by atoms with Crippen molar-refractivity contribution in [2.75, 3.05) is 13.2 Å². The summed E-state index contributed by atoms with van der Waals surface area (Å²) < 4.78 is 5.94. The van der Waals surface area contributed by atoms with E-state index in [0.717, 1.165) is 38.5 Å². The summed E-state index contributed by atoms with van der Waals surface area (Å²) in [6, 6.07) is 3.09. The van der Waals surface area contributed by atoms with Gasteiger partial charge in [0.15, 0.2) is 0 Å². The molecule has 7 heteroatoms. The number of rotatable bonds is 7. The third kappa shape index (κ3) is 4.80. The van der Waals surface area contributed by atoms with E-state index in [2.05, 4.69) is 15.6 Å². The van der Waals surface area contributed by atoms with Crippen LogP contribution in [-0.4, -0.2) is 53.3 Å². The van der Waals surface area contributed by atoms with Crippen LogP contribution in [0.5, 0.6) is 0 Å². The Morgan fingerprint density at radius 3 is 2.62 bits per heavy atom. The lowest BCUT2D eigenvalue weighted by Gasteiger charge is -2.36. The molecular formula is C19H27N3O4. The van der Waals surface area contributed by atoms with Crippen molar-refractivity contribution in [3.05, 3.63) is 30.1 Å². The molecule has 3 atom stereocenters. The molecule has 1 saturated heterocycles. The van der Waals surface area contributed by atoms with Gasteiger partial charge < -0.3 is 20.5 Å². The summed E-state index contributed by atoms with van der Waals surface area (Å²) >= 11 is 0. The predicted octanol–water partition coefficient (Wildman–Crippen LogP) is 1.03. The maximum atomic E-state index is 12.3. The van der Waals surface area contributed by atoms with Crippen molar-refractivity contribution in [2.24, 2.45) is 5.92 Å². The van der Waals surface area contributed by atoms with Gasteiger partial charge in [-0.1, -0.05) is 6.42 Å². The zero-order valence-corrected chi connectivity index (χ0v) is 14.9. The number of aliphatic hydroxyl groups is 1. The van der Waals surface area contributed by atoms with Crippen molar-refractivity contribution in [1.29, 1.82) is 0 Å². The second-order valence-corrected chi connectivity index (χ2v) is 7.08. The van der Waals surface area contributed by atoms with E-state index in [1.54, 1.807) is 24.5 Å². The topological polar surface area (TPSA) is 101 Å². The van der Waals surface area contributed by atoms with E-state index in [9.17, 15) is 14.7 Å². The van der Waals surface area contributed by atoms with Gasteiger partial charge in [0.1, 0.15) is 6.10 Å². The summed E-state index contributed by atoms with van der Waals surface area (Å²) in [7, 11) is 0. The van der Waals surface area contributed by atoms with Crippen LogP contribution in [0.1, 0.15) is 48.9 Å². The van der Waals surface area contributed by atoms with E-state index >= 15 is 0 Å². The van der Waals surface area contributed by atoms with Crippen LogP contribution in [0.2, 0.25) is 0 Å². The Balaban J connectivity index is 1.43. The smallest absolute Gasteiger partial charge is 0.251 e. The van der Waals surface area contributed by atoms with E-state index in [1.807, 2.05) is 0 Å². The average molecular weight is 361 g/mol. The summed E-state index contributed by atoms with van der Waals surface area (Å²) in [5, 5.41) is 15.5. The maximum Gasteiger partial charge on any atom is 0.251 e. The van der Waals surface area contributed by atoms with Crippen LogP contribution in [0.25, 0.3) is 0 Å². The third-order valence-corrected chi connectivity index (χ3v) is 5.30.